The standard InChI is InChI=1S/C15H22N2O3/c1-4-17(5-2)15(18)10(3)20-11-6-7-12-13(16)9-19-14(12)8-11/h6-8,10,13H,4-5,9,16H2,1-3H3. The van der Waals surface area contributed by atoms with Crippen LogP contribution in [0.1, 0.15) is 32.4 Å². The van der Waals surface area contributed by atoms with Crippen molar-refractivity contribution in [3.63, 3.8) is 0 Å². The van der Waals surface area contributed by atoms with E-state index in [1.54, 1.807) is 17.9 Å². The molecular formula is C15H22N2O3. The van der Waals surface area contributed by atoms with Crippen molar-refractivity contribution in [1.29, 1.82) is 0 Å². The topological polar surface area (TPSA) is 64.8 Å². The fourth-order valence-electron chi connectivity index (χ4n) is 2.34. The van der Waals surface area contributed by atoms with Crippen LogP contribution in [-0.4, -0.2) is 36.6 Å². The van der Waals surface area contributed by atoms with Gasteiger partial charge in [0.25, 0.3) is 5.91 Å². The first-order chi connectivity index (χ1) is 9.56. The monoisotopic (exact) mass is 278 g/mol. The van der Waals surface area contributed by atoms with Crippen LogP contribution in [0.15, 0.2) is 18.2 Å². The predicted octanol–water partition coefficient (Wildman–Crippen LogP) is 1.71. The number of benzene rings is 1. The molecule has 1 aliphatic rings. The summed E-state index contributed by atoms with van der Waals surface area (Å²) in [6.07, 6.45) is -0.511. The van der Waals surface area contributed by atoms with Crippen LogP contribution >= 0.6 is 0 Å². The molecule has 1 aliphatic heterocycles. The lowest BCUT2D eigenvalue weighted by Crippen LogP contribution is -2.40. The largest absolute Gasteiger partial charge is 0.491 e. The lowest BCUT2D eigenvalue weighted by molar-refractivity contribution is -0.137. The van der Waals surface area contributed by atoms with Gasteiger partial charge in [0, 0.05) is 24.7 Å². The molecule has 0 bridgehead atoms. The molecule has 5 heteroatoms. The van der Waals surface area contributed by atoms with Gasteiger partial charge in [-0.15, -0.1) is 0 Å². The average Bonchev–Trinajstić information content (AvgIpc) is 2.81. The fraction of sp³-hybridized carbons (Fsp3) is 0.533. The van der Waals surface area contributed by atoms with Crippen molar-refractivity contribution in [3.8, 4) is 11.5 Å². The highest BCUT2D eigenvalue weighted by Gasteiger charge is 2.23. The number of nitrogens with two attached hydrogens (primary N) is 1. The van der Waals surface area contributed by atoms with Crippen molar-refractivity contribution in [2.75, 3.05) is 19.7 Å². The second kappa shape index (κ2) is 6.13. The summed E-state index contributed by atoms with van der Waals surface area (Å²) in [7, 11) is 0. The van der Waals surface area contributed by atoms with Crippen LogP contribution in [0.4, 0.5) is 0 Å². The molecule has 1 amide bonds. The molecule has 5 nitrogen and oxygen atoms in total. The predicted molar refractivity (Wildman–Crippen MR) is 76.9 cm³/mol. The lowest BCUT2D eigenvalue weighted by Gasteiger charge is -2.23. The first-order valence-electron chi connectivity index (χ1n) is 7.04. The van der Waals surface area contributed by atoms with E-state index in [-0.39, 0.29) is 11.9 Å². The molecule has 0 fully saturated rings. The lowest BCUT2D eigenvalue weighted by atomic mass is 10.1. The number of nitrogens with zero attached hydrogens (tertiary/aromatic N) is 1. The van der Waals surface area contributed by atoms with Gasteiger partial charge >= 0.3 is 0 Å². The third-order valence-electron chi connectivity index (χ3n) is 3.54. The molecule has 1 aromatic carbocycles. The molecule has 0 aliphatic carbocycles. The zero-order chi connectivity index (χ0) is 14.7. The molecule has 0 saturated carbocycles. The van der Waals surface area contributed by atoms with Gasteiger partial charge in [0.05, 0.1) is 6.04 Å². The second-order valence-electron chi connectivity index (χ2n) is 4.89. The average molecular weight is 278 g/mol. The highest BCUT2D eigenvalue weighted by atomic mass is 16.5. The molecule has 2 atom stereocenters. The first kappa shape index (κ1) is 14.7. The smallest absolute Gasteiger partial charge is 0.263 e. The number of hydrogen-bond acceptors (Lipinski definition) is 4. The van der Waals surface area contributed by atoms with E-state index in [9.17, 15) is 4.79 Å². The van der Waals surface area contributed by atoms with E-state index < -0.39 is 6.10 Å². The number of amides is 1. The van der Waals surface area contributed by atoms with Gasteiger partial charge in [-0.1, -0.05) is 0 Å². The van der Waals surface area contributed by atoms with Gasteiger partial charge in [0.1, 0.15) is 18.1 Å². The van der Waals surface area contributed by atoms with E-state index in [2.05, 4.69) is 0 Å². The molecule has 2 unspecified atom stereocenters. The number of carbonyl (C=O) groups excluding carboxylic acids is 1. The van der Waals surface area contributed by atoms with Gasteiger partial charge in [-0.2, -0.15) is 0 Å². The highest BCUT2D eigenvalue weighted by Crippen LogP contribution is 2.34. The van der Waals surface area contributed by atoms with Crippen molar-refractivity contribution in [3.05, 3.63) is 23.8 Å². The van der Waals surface area contributed by atoms with Crippen LogP contribution in [0.3, 0.4) is 0 Å². The molecule has 1 aromatic rings. The molecule has 20 heavy (non-hydrogen) atoms. The van der Waals surface area contributed by atoms with Gasteiger partial charge in [-0.05, 0) is 32.9 Å². The minimum absolute atomic E-state index is 0.00637. The van der Waals surface area contributed by atoms with Crippen molar-refractivity contribution < 1.29 is 14.3 Å². The molecule has 0 spiro atoms. The summed E-state index contributed by atoms with van der Waals surface area (Å²) in [5, 5.41) is 0. The number of likely N-dealkylation sites (N-methyl/N-ethyl adjacent to an activating group) is 1. The van der Waals surface area contributed by atoms with Crippen LogP contribution in [-0.2, 0) is 4.79 Å². The normalized spacial score (nSPS) is 18.1. The highest BCUT2D eigenvalue weighted by molar-refractivity contribution is 5.80. The molecule has 1 heterocycles. The third-order valence-corrected chi connectivity index (χ3v) is 3.54. The Hall–Kier alpha value is -1.75. The summed E-state index contributed by atoms with van der Waals surface area (Å²) in [5.74, 6) is 1.37. The molecule has 0 aromatic heterocycles. The molecular weight excluding hydrogens is 256 g/mol. The zero-order valence-corrected chi connectivity index (χ0v) is 12.3. The summed E-state index contributed by atoms with van der Waals surface area (Å²) in [4.78, 5) is 13.9. The molecule has 2 rings (SSSR count). The quantitative estimate of drug-likeness (QED) is 0.890. The van der Waals surface area contributed by atoms with E-state index in [4.69, 9.17) is 15.2 Å². The van der Waals surface area contributed by atoms with Gasteiger partial charge in [-0.25, -0.2) is 0 Å². The summed E-state index contributed by atoms with van der Waals surface area (Å²) >= 11 is 0. The molecule has 0 radical (unpaired) electrons. The zero-order valence-electron chi connectivity index (χ0n) is 12.3. The van der Waals surface area contributed by atoms with Crippen molar-refractivity contribution in [2.45, 2.75) is 32.9 Å². The van der Waals surface area contributed by atoms with Crippen LogP contribution in [0.25, 0.3) is 0 Å². The SMILES string of the molecule is CCN(CC)C(=O)C(C)Oc1ccc2c(c1)OCC2N. The van der Waals surface area contributed by atoms with Crippen molar-refractivity contribution in [1.82, 2.24) is 4.90 Å². The minimum Gasteiger partial charge on any atom is -0.491 e. The Bertz CT molecular complexity index is 486. The van der Waals surface area contributed by atoms with Crippen LogP contribution in [0, 0.1) is 0 Å². The maximum Gasteiger partial charge on any atom is 0.263 e. The van der Waals surface area contributed by atoms with Gasteiger partial charge in [-0.3, -0.25) is 4.79 Å². The minimum atomic E-state index is -0.511. The number of ether oxygens (including phenoxy) is 2. The first-order valence-corrected chi connectivity index (χ1v) is 7.04. The number of hydrogen-bond donors (Lipinski definition) is 1. The number of fused-ring (bicyclic) bond motifs is 1. The van der Waals surface area contributed by atoms with Crippen LogP contribution < -0.4 is 15.2 Å². The summed E-state index contributed by atoms with van der Waals surface area (Å²) in [5.41, 5.74) is 6.88. The van der Waals surface area contributed by atoms with E-state index in [1.807, 2.05) is 26.0 Å². The van der Waals surface area contributed by atoms with Gasteiger partial charge in [0.15, 0.2) is 6.10 Å². The Kier molecular flexibility index (Phi) is 4.49. The third kappa shape index (κ3) is 2.88. The number of rotatable bonds is 5. The Balaban J connectivity index is 2.05. The Labute approximate surface area is 119 Å². The molecule has 0 saturated heterocycles. The van der Waals surface area contributed by atoms with E-state index >= 15 is 0 Å². The Morgan fingerprint density at radius 2 is 2.20 bits per heavy atom. The fourth-order valence-corrected chi connectivity index (χ4v) is 2.34. The summed E-state index contributed by atoms with van der Waals surface area (Å²) in [6, 6.07) is 5.46. The maximum absolute atomic E-state index is 12.1. The Morgan fingerprint density at radius 3 is 2.85 bits per heavy atom. The van der Waals surface area contributed by atoms with Crippen molar-refractivity contribution >= 4 is 5.91 Å². The molecule has 2 N–H and O–H groups in total. The van der Waals surface area contributed by atoms with E-state index in [1.165, 1.54) is 0 Å². The van der Waals surface area contributed by atoms with Crippen molar-refractivity contribution in [2.24, 2.45) is 5.73 Å². The van der Waals surface area contributed by atoms with Gasteiger partial charge in [0.2, 0.25) is 0 Å². The van der Waals surface area contributed by atoms with Crippen LogP contribution in [0.2, 0.25) is 0 Å². The second-order valence-corrected chi connectivity index (χ2v) is 4.89. The maximum atomic E-state index is 12.1. The van der Waals surface area contributed by atoms with Gasteiger partial charge < -0.3 is 20.1 Å². The molecule has 110 valence electrons. The summed E-state index contributed by atoms with van der Waals surface area (Å²) < 4.78 is 11.2. The number of carbonyl (C=O) groups is 1. The van der Waals surface area contributed by atoms with Crippen LogP contribution in [0.5, 0.6) is 11.5 Å². The Morgan fingerprint density at radius 1 is 1.50 bits per heavy atom. The summed E-state index contributed by atoms with van der Waals surface area (Å²) in [6.45, 7) is 7.54. The van der Waals surface area contributed by atoms with E-state index in [0.29, 0.717) is 25.4 Å². The van der Waals surface area contributed by atoms with E-state index in [0.717, 1.165) is 11.3 Å².